The maximum atomic E-state index is 12.8. The summed E-state index contributed by atoms with van der Waals surface area (Å²) in [6.45, 7) is 1.84. The van der Waals surface area contributed by atoms with Crippen LogP contribution in [0.25, 0.3) is 0 Å². The molecule has 0 aliphatic carbocycles. The number of nitrogens with zero attached hydrogens (tertiary/aromatic N) is 2. The summed E-state index contributed by atoms with van der Waals surface area (Å²) in [4.78, 5) is 55.6. The largest absolute Gasteiger partial charge is 1.00 e. The third kappa shape index (κ3) is 5.43. The summed E-state index contributed by atoms with van der Waals surface area (Å²) in [6, 6.07) is 6.90. The number of carbonyl (C=O) groups is 4. The summed E-state index contributed by atoms with van der Waals surface area (Å²) in [5.74, 6) is -2.19. The van der Waals surface area contributed by atoms with Crippen molar-refractivity contribution in [2.45, 2.75) is 24.4 Å². The van der Waals surface area contributed by atoms with Crippen LogP contribution in [0.15, 0.2) is 47.8 Å². The molecule has 0 spiro atoms. The van der Waals surface area contributed by atoms with E-state index >= 15 is 0 Å². The van der Waals surface area contributed by atoms with Gasteiger partial charge in [-0.05, 0) is 18.1 Å². The number of carboxylic acid groups (broad SMARTS) is 1. The first-order valence-electron chi connectivity index (χ1n) is 9.86. The van der Waals surface area contributed by atoms with Crippen LogP contribution in [0.2, 0.25) is 0 Å². The average Bonchev–Trinajstić information content (AvgIpc) is 3.26. The van der Waals surface area contributed by atoms with Crippen molar-refractivity contribution in [1.82, 2.24) is 15.2 Å². The molecule has 2 aromatic rings. The third-order valence-electron chi connectivity index (χ3n) is 5.15. The number of benzene rings is 1. The van der Waals surface area contributed by atoms with E-state index in [4.69, 9.17) is 5.73 Å². The van der Waals surface area contributed by atoms with Gasteiger partial charge in [0.25, 0.3) is 5.91 Å². The Morgan fingerprint density at radius 1 is 1.32 bits per heavy atom. The number of nitrogens with two attached hydrogens (primary N) is 1. The van der Waals surface area contributed by atoms with Gasteiger partial charge in [-0.1, -0.05) is 42.1 Å². The minimum Gasteiger partial charge on any atom is -0.543 e. The fourth-order valence-corrected chi connectivity index (χ4v) is 6.60. The van der Waals surface area contributed by atoms with Gasteiger partial charge in [-0.2, -0.15) is 0 Å². The number of rotatable bonds is 7. The Balaban J connectivity index is 0.00000324. The number of carbonyl (C=O) groups excluding carboxylic acids is 4. The van der Waals surface area contributed by atoms with Crippen LogP contribution in [-0.2, 0) is 14.4 Å². The molecule has 34 heavy (non-hydrogen) atoms. The zero-order chi connectivity index (χ0) is 23.7. The van der Waals surface area contributed by atoms with Crippen molar-refractivity contribution in [3.8, 4) is 0 Å². The number of thioether (sulfide) groups is 2. The van der Waals surface area contributed by atoms with Gasteiger partial charge in [0.05, 0.1) is 11.7 Å². The van der Waals surface area contributed by atoms with Crippen LogP contribution in [0.1, 0.15) is 26.3 Å². The predicted molar refractivity (Wildman–Crippen MR) is 124 cm³/mol. The van der Waals surface area contributed by atoms with E-state index in [0.29, 0.717) is 16.1 Å². The number of amides is 2. The van der Waals surface area contributed by atoms with E-state index in [-0.39, 0.29) is 51.9 Å². The number of nitrogens with one attached hydrogen (secondary N) is 1. The van der Waals surface area contributed by atoms with Gasteiger partial charge in [-0.15, -0.1) is 23.1 Å². The Hall–Kier alpha value is -1.67. The van der Waals surface area contributed by atoms with Gasteiger partial charge in [-0.3, -0.25) is 19.3 Å². The monoisotopic (exact) mass is 526 g/mol. The minimum atomic E-state index is -1.49. The Morgan fingerprint density at radius 3 is 2.65 bits per heavy atom. The van der Waals surface area contributed by atoms with Gasteiger partial charge in [-0.25, -0.2) is 4.98 Å². The molecule has 3 atom stereocenters. The molecule has 1 fully saturated rings. The molecule has 0 radical (unpaired) electrons. The Kier molecular flexibility index (Phi) is 9.01. The first-order chi connectivity index (χ1) is 15.8. The molecule has 0 bridgehead atoms. The SMILES string of the molecule is Cc1cnc(C(=O)SCC2=C(C(=O)[O-])N3C(=O)C(NC(=O)C(N)c4ccccc4)[C@@H]3SC2)s1.[Na+]. The van der Waals surface area contributed by atoms with Crippen molar-refractivity contribution in [2.75, 3.05) is 11.5 Å². The van der Waals surface area contributed by atoms with Gasteiger partial charge in [0.1, 0.15) is 17.5 Å². The van der Waals surface area contributed by atoms with Crippen LogP contribution in [0.4, 0.5) is 0 Å². The summed E-state index contributed by atoms with van der Waals surface area (Å²) in [5.41, 5.74) is 6.78. The molecule has 1 aromatic carbocycles. The zero-order valence-electron chi connectivity index (χ0n) is 18.3. The van der Waals surface area contributed by atoms with Gasteiger partial charge in [0.15, 0.2) is 5.01 Å². The molecule has 13 heteroatoms. The summed E-state index contributed by atoms with van der Waals surface area (Å²) in [7, 11) is 0. The quantitative estimate of drug-likeness (QED) is 0.294. The van der Waals surface area contributed by atoms with E-state index in [9.17, 15) is 24.3 Å². The number of aryl methyl sites for hydroxylation is 1. The van der Waals surface area contributed by atoms with Gasteiger partial charge in [0.2, 0.25) is 11.0 Å². The first-order valence-corrected chi connectivity index (χ1v) is 12.7. The van der Waals surface area contributed by atoms with Crippen molar-refractivity contribution >= 4 is 57.8 Å². The van der Waals surface area contributed by atoms with E-state index in [1.54, 1.807) is 36.5 Å². The summed E-state index contributed by atoms with van der Waals surface area (Å²) in [5, 5.41) is 14.0. The molecule has 172 valence electrons. The maximum Gasteiger partial charge on any atom is 1.00 e. The third-order valence-corrected chi connectivity index (χ3v) is 8.48. The molecule has 3 N–H and O–H groups in total. The van der Waals surface area contributed by atoms with Crippen LogP contribution in [0.5, 0.6) is 0 Å². The fraction of sp³-hybridized carbons (Fsp3) is 0.286. The van der Waals surface area contributed by atoms with Crippen molar-refractivity contribution < 1.29 is 53.8 Å². The Bertz CT molecular complexity index is 1160. The van der Waals surface area contributed by atoms with E-state index in [1.165, 1.54) is 23.1 Å². The van der Waals surface area contributed by atoms with Crippen molar-refractivity contribution in [3.05, 3.63) is 63.2 Å². The standard InChI is InChI=1S/C21H20N4O5S3.Na/c1-10-7-23-17(33-10)21(30)32-9-12-8-31-19-14(18(27)25(19)15(12)20(28)29)24-16(26)13(22)11-5-3-2-4-6-11;/h2-7,13-14,19H,8-9,22H2,1H3,(H,24,26)(H,28,29);/q;+1/p-1/t13?,14?,19-;/m0./s1. The first kappa shape index (κ1) is 26.9. The Labute approximate surface area is 230 Å². The van der Waals surface area contributed by atoms with Crippen LogP contribution < -0.4 is 45.7 Å². The predicted octanol–water partition coefficient (Wildman–Crippen LogP) is -2.57. The second kappa shape index (κ2) is 11.4. The molecular formula is C21H19N4NaO5S3. The van der Waals surface area contributed by atoms with E-state index in [2.05, 4.69) is 10.3 Å². The van der Waals surface area contributed by atoms with Gasteiger partial charge < -0.3 is 21.0 Å². The molecule has 2 amide bonds. The van der Waals surface area contributed by atoms with Crippen molar-refractivity contribution in [2.24, 2.45) is 5.73 Å². The molecular weight excluding hydrogens is 507 g/mol. The number of hydrogen-bond donors (Lipinski definition) is 2. The van der Waals surface area contributed by atoms with Gasteiger partial charge in [0, 0.05) is 22.6 Å². The van der Waals surface area contributed by atoms with E-state index < -0.39 is 35.2 Å². The summed E-state index contributed by atoms with van der Waals surface area (Å²) >= 11 is 3.51. The molecule has 0 saturated carbocycles. The summed E-state index contributed by atoms with van der Waals surface area (Å²) in [6.07, 6.45) is 1.60. The molecule has 2 aliphatic heterocycles. The Morgan fingerprint density at radius 2 is 2.03 bits per heavy atom. The van der Waals surface area contributed by atoms with E-state index in [1.807, 2.05) is 6.92 Å². The molecule has 3 heterocycles. The number of fused-ring (bicyclic) bond motifs is 1. The number of hydrogen-bond acceptors (Lipinski definition) is 10. The summed E-state index contributed by atoms with van der Waals surface area (Å²) < 4.78 is 0. The molecule has 1 saturated heterocycles. The smallest absolute Gasteiger partial charge is 0.543 e. The van der Waals surface area contributed by atoms with Crippen LogP contribution in [0.3, 0.4) is 0 Å². The van der Waals surface area contributed by atoms with Crippen molar-refractivity contribution in [1.29, 1.82) is 0 Å². The normalized spacial score (nSPS) is 20.1. The minimum absolute atomic E-state index is 0. The maximum absolute atomic E-state index is 12.8. The number of β-lactam (4-membered cyclic amide) rings is 1. The molecule has 9 nitrogen and oxygen atoms in total. The molecule has 1 aromatic heterocycles. The van der Waals surface area contributed by atoms with Crippen LogP contribution in [0, 0.1) is 6.92 Å². The second-order valence-corrected chi connectivity index (χ2v) is 10.7. The van der Waals surface area contributed by atoms with Crippen LogP contribution in [-0.4, -0.2) is 55.7 Å². The number of aromatic nitrogens is 1. The molecule has 4 rings (SSSR count). The van der Waals surface area contributed by atoms with E-state index in [0.717, 1.165) is 21.5 Å². The topological polar surface area (TPSA) is 146 Å². The number of thiazole rings is 1. The van der Waals surface area contributed by atoms with Crippen molar-refractivity contribution in [3.63, 3.8) is 0 Å². The second-order valence-electron chi connectivity index (χ2n) is 7.38. The molecule has 2 aliphatic rings. The number of carboxylic acids is 1. The molecule has 2 unspecified atom stereocenters. The van der Waals surface area contributed by atoms with Gasteiger partial charge >= 0.3 is 29.6 Å². The van der Waals surface area contributed by atoms with Crippen LogP contribution >= 0.6 is 34.9 Å². The fourth-order valence-electron chi connectivity index (χ4n) is 3.50. The average molecular weight is 527 g/mol. The zero-order valence-corrected chi connectivity index (χ0v) is 22.8. The number of aliphatic carboxylic acids is 1.